The summed E-state index contributed by atoms with van der Waals surface area (Å²) in [6.07, 6.45) is -0.657. The lowest BCUT2D eigenvalue weighted by atomic mass is 10.2. The summed E-state index contributed by atoms with van der Waals surface area (Å²) in [5, 5.41) is 10.7. The van der Waals surface area contributed by atoms with Crippen molar-refractivity contribution >= 4 is 29.0 Å². The summed E-state index contributed by atoms with van der Waals surface area (Å²) in [5.41, 5.74) is 2.26. The molecule has 3 rings (SSSR count). The Kier molecular flexibility index (Phi) is 4.70. The van der Waals surface area contributed by atoms with Gasteiger partial charge >= 0.3 is 6.09 Å². The van der Waals surface area contributed by atoms with Gasteiger partial charge in [-0.1, -0.05) is 18.3 Å². The van der Waals surface area contributed by atoms with E-state index in [2.05, 4.69) is 15.5 Å². The second-order valence-electron chi connectivity index (χ2n) is 5.18. The number of carbonyl (C=O) groups excluding carboxylic acids is 2. The zero-order chi connectivity index (χ0) is 17.1. The molecule has 7 nitrogen and oxygen atoms in total. The van der Waals surface area contributed by atoms with Crippen molar-refractivity contribution in [2.75, 3.05) is 18.0 Å². The van der Waals surface area contributed by atoms with Crippen LogP contribution in [0.15, 0.2) is 23.7 Å². The molecule has 1 saturated heterocycles. The number of anilines is 1. The molecule has 1 aliphatic rings. The molecule has 24 heavy (non-hydrogen) atoms. The molecular formula is C15H15FN4O3S. The summed E-state index contributed by atoms with van der Waals surface area (Å²) in [5.74, 6) is -0.600. The number of cyclic esters (lactones) is 1. The zero-order valence-corrected chi connectivity index (χ0v) is 13.7. The van der Waals surface area contributed by atoms with E-state index in [1.807, 2.05) is 0 Å². The van der Waals surface area contributed by atoms with Crippen LogP contribution in [0.5, 0.6) is 0 Å². The first kappa shape index (κ1) is 16.3. The zero-order valence-electron chi connectivity index (χ0n) is 12.9. The third-order valence-corrected chi connectivity index (χ3v) is 4.30. The van der Waals surface area contributed by atoms with E-state index in [1.165, 1.54) is 27.8 Å². The lowest BCUT2D eigenvalue weighted by Crippen LogP contribution is -2.34. The maximum absolute atomic E-state index is 14.3. The van der Waals surface area contributed by atoms with E-state index in [1.54, 1.807) is 19.1 Å². The van der Waals surface area contributed by atoms with Crippen molar-refractivity contribution in [1.29, 1.82) is 0 Å². The largest absolute Gasteiger partial charge is 0.442 e. The Hall–Kier alpha value is -2.55. The van der Waals surface area contributed by atoms with Crippen molar-refractivity contribution in [3.05, 3.63) is 29.5 Å². The number of hydrogen-bond acceptors (Lipinski definition) is 6. The summed E-state index contributed by atoms with van der Waals surface area (Å²) in [7, 11) is 0. The number of amides is 2. The van der Waals surface area contributed by atoms with E-state index in [9.17, 15) is 14.0 Å². The number of aromatic nitrogens is 2. The molecule has 126 valence electrons. The van der Waals surface area contributed by atoms with Gasteiger partial charge in [0.1, 0.15) is 22.4 Å². The van der Waals surface area contributed by atoms with Crippen LogP contribution in [0.2, 0.25) is 0 Å². The first-order valence-electron chi connectivity index (χ1n) is 7.39. The molecule has 2 amide bonds. The molecule has 9 heteroatoms. The molecule has 2 aromatic rings. The third kappa shape index (κ3) is 3.35. The van der Waals surface area contributed by atoms with Crippen molar-refractivity contribution < 1.29 is 18.7 Å². The highest BCUT2D eigenvalue weighted by Gasteiger charge is 2.32. The van der Waals surface area contributed by atoms with Crippen molar-refractivity contribution in [3.63, 3.8) is 0 Å². The van der Waals surface area contributed by atoms with Gasteiger partial charge in [-0.2, -0.15) is 0 Å². The molecule has 0 unspecified atom stereocenters. The van der Waals surface area contributed by atoms with Crippen molar-refractivity contribution in [2.24, 2.45) is 0 Å². The number of carbonyl (C=O) groups is 2. The van der Waals surface area contributed by atoms with Gasteiger partial charge in [0.05, 0.1) is 18.8 Å². The Morgan fingerprint density at radius 2 is 2.38 bits per heavy atom. The topological polar surface area (TPSA) is 84.4 Å². The van der Waals surface area contributed by atoms with E-state index in [-0.39, 0.29) is 19.0 Å². The van der Waals surface area contributed by atoms with Crippen molar-refractivity contribution in [3.8, 4) is 10.6 Å². The summed E-state index contributed by atoms with van der Waals surface area (Å²) < 4.78 is 19.5. The van der Waals surface area contributed by atoms with E-state index >= 15 is 0 Å². The van der Waals surface area contributed by atoms with Crippen LogP contribution in [0.1, 0.15) is 13.3 Å². The van der Waals surface area contributed by atoms with Gasteiger partial charge in [0.25, 0.3) is 0 Å². The van der Waals surface area contributed by atoms with Gasteiger partial charge < -0.3 is 10.1 Å². The molecule has 1 aromatic heterocycles. The minimum absolute atomic E-state index is 0.114. The van der Waals surface area contributed by atoms with Gasteiger partial charge in [-0.3, -0.25) is 9.69 Å². The molecule has 1 atom stereocenters. The lowest BCUT2D eigenvalue weighted by Gasteiger charge is -2.14. The number of rotatable bonds is 5. The standard InChI is InChI=1S/C15H15FN4O3S/c1-2-13(21)17-6-10-7-20(15(22)23-10)9-3-4-11(12(16)5-9)14-19-18-8-24-14/h3-5,8,10H,2,6-7H2,1H3,(H,17,21)/t10-/m0/s1. The van der Waals surface area contributed by atoms with Gasteiger partial charge in [0, 0.05) is 12.0 Å². The molecule has 1 N–H and O–H groups in total. The van der Waals surface area contributed by atoms with Crippen LogP contribution in [0.3, 0.4) is 0 Å². The number of nitrogens with zero attached hydrogens (tertiary/aromatic N) is 3. The number of benzene rings is 1. The average molecular weight is 350 g/mol. The van der Waals surface area contributed by atoms with Gasteiger partial charge in [0.15, 0.2) is 0 Å². The Bertz CT molecular complexity index is 753. The summed E-state index contributed by atoms with van der Waals surface area (Å²) in [6.45, 7) is 2.23. The molecule has 0 bridgehead atoms. The normalized spacial score (nSPS) is 17.0. The molecule has 1 fully saturated rings. The molecule has 1 aromatic carbocycles. The van der Waals surface area contributed by atoms with Crippen LogP contribution in [0, 0.1) is 5.82 Å². The van der Waals surface area contributed by atoms with Crippen LogP contribution >= 0.6 is 11.3 Å². The fraction of sp³-hybridized carbons (Fsp3) is 0.333. The van der Waals surface area contributed by atoms with Crippen LogP contribution in [0.25, 0.3) is 10.6 Å². The monoisotopic (exact) mass is 350 g/mol. The predicted octanol–water partition coefficient (Wildman–Crippen LogP) is 2.20. The Morgan fingerprint density at radius 1 is 1.54 bits per heavy atom. The van der Waals surface area contributed by atoms with Crippen LogP contribution in [0.4, 0.5) is 14.9 Å². The van der Waals surface area contributed by atoms with Gasteiger partial charge in [0.2, 0.25) is 5.91 Å². The smallest absolute Gasteiger partial charge is 0.414 e. The average Bonchev–Trinajstić information content (AvgIpc) is 3.22. The maximum atomic E-state index is 14.3. The molecule has 2 heterocycles. The quantitative estimate of drug-likeness (QED) is 0.894. The molecular weight excluding hydrogens is 335 g/mol. The first-order valence-corrected chi connectivity index (χ1v) is 8.27. The highest BCUT2D eigenvalue weighted by molar-refractivity contribution is 7.12. The number of ether oxygens (including phenoxy) is 1. The highest BCUT2D eigenvalue weighted by atomic mass is 32.1. The molecule has 0 spiro atoms. The molecule has 0 radical (unpaired) electrons. The predicted molar refractivity (Wildman–Crippen MR) is 86.2 cm³/mol. The number of hydrogen-bond donors (Lipinski definition) is 1. The lowest BCUT2D eigenvalue weighted by molar-refractivity contribution is -0.121. The van der Waals surface area contributed by atoms with E-state index < -0.39 is 18.0 Å². The summed E-state index contributed by atoms with van der Waals surface area (Å²) in [4.78, 5) is 24.6. The van der Waals surface area contributed by atoms with Crippen molar-refractivity contribution in [2.45, 2.75) is 19.4 Å². The first-order chi connectivity index (χ1) is 11.6. The Balaban J connectivity index is 1.71. The van der Waals surface area contributed by atoms with E-state index in [0.29, 0.717) is 22.7 Å². The van der Waals surface area contributed by atoms with Crippen LogP contribution < -0.4 is 10.2 Å². The second kappa shape index (κ2) is 6.91. The minimum atomic E-state index is -0.561. The van der Waals surface area contributed by atoms with Crippen molar-refractivity contribution in [1.82, 2.24) is 15.5 Å². The summed E-state index contributed by atoms with van der Waals surface area (Å²) >= 11 is 1.23. The number of halogens is 1. The van der Waals surface area contributed by atoms with Gasteiger partial charge in [-0.25, -0.2) is 9.18 Å². The van der Waals surface area contributed by atoms with Gasteiger partial charge in [-0.05, 0) is 18.2 Å². The van der Waals surface area contributed by atoms with E-state index in [0.717, 1.165) is 0 Å². The van der Waals surface area contributed by atoms with Gasteiger partial charge in [-0.15, -0.1) is 10.2 Å². The fourth-order valence-electron chi connectivity index (χ4n) is 2.33. The van der Waals surface area contributed by atoms with Crippen LogP contribution in [-0.4, -0.2) is 41.4 Å². The second-order valence-corrected chi connectivity index (χ2v) is 6.02. The SMILES string of the molecule is CCC(=O)NC[C@H]1CN(c2ccc(-c3nncs3)c(F)c2)C(=O)O1. The maximum Gasteiger partial charge on any atom is 0.414 e. The highest BCUT2D eigenvalue weighted by Crippen LogP contribution is 2.29. The Labute approximate surface area is 141 Å². The third-order valence-electron chi connectivity index (χ3n) is 3.58. The molecule has 1 aliphatic heterocycles. The molecule has 0 aliphatic carbocycles. The minimum Gasteiger partial charge on any atom is -0.442 e. The Morgan fingerprint density at radius 3 is 3.04 bits per heavy atom. The summed E-state index contributed by atoms with van der Waals surface area (Å²) in [6, 6.07) is 4.46. The fourth-order valence-corrected chi connectivity index (χ4v) is 2.91. The number of nitrogens with one attached hydrogen (secondary N) is 1. The molecule has 0 saturated carbocycles. The van der Waals surface area contributed by atoms with E-state index in [4.69, 9.17) is 4.74 Å². The van der Waals surface area contributed by atoms with Crippen LogP contribution in [-0.2, 0) is 9.53 Å².